The molecule has 1 atom stereocenters. The third-order valence-electron chi connectivity index (χ3n) is 0.782. The fourth-order valence-corrected chi connectivity index (χ4v) is 3.45. The van der Waals surface area contributed by atoms with Gasteiger partial charge in [-0.25, -0.2) is 0 Å². The monoisotopic (exact) mass is 339 g/mol. The van der Waals surface area contributed by atoms with Crippen molar-refractivity contribution >= 4 is 37.1 Å². The van der Waals surface area contributed by atoms with Crippen LogP contribution >= 0.6 is 13.4 Å². The van der Waals surface area contributed by atoms with Gasteiger partial charge in [0.2, 0.25) is 0 Å². The van der Waals surface area contributed by atoms with Gasteiger partial charge in [-0.15, -0.1) is 0 Å². The molecule has 0 bridgehead atoms. The first-order chi connectivity index (χ1) is 7.41. The molecule has 0 aliphatic rings. The second kappa shape index (κ2) is 7.18. The maximum atomic E-state index is 10.4. The molecule has 6 nitrogen and oxygen atoms in total. The van der Waals surface area contributed by atoms with Crippen LogP contribution in [0.1, 0.15) is 41.5 Å². The molecule has 10 heteroatoms. The van der Waals surface area contributed by atoms with Crippen LogP contribution in [-0.2, 0) is 32.7 Å². The van der Waals surface area contributed by atoms with Crippen molar-refractivity contribution in [3.63, 3.8) is 0 Å². The zero-order valence-corrected chi connectivity index (χ0v) is 14.7. The molecule has 0 fully saturated rings. The molecule has 112 valence electrons. The van der Waals surface area contributed by atoms with Gasteiger partial charge in [-0.05, 0) is 53.3 Å². The Labute approximate surface area is 118 Å². The Kier molecular flexibility index (Phi) is 8.52. The molecule has 0 radical (unpaired) electrons. The lowest BCUT2D eigenvalue weighted by molar-refractivity contribution is -0.209. The number of rotatable bonds is 2. The van der Waals surface area contributed by atoms with Crippen LogP contribution in [0, 0.1) is 0 Å². The second-order valence-electron chi connectivity index (χ2n) is 5.37. The van der Waals surface area contributed by atoms with Crippen LogP contribution in [0.2, 0.25) is 0 Å². The molecule has 0 amide bonds. The van der Waals surface area contributed by atoms with E-state index in [0.717, 1.165) is 0 Å². The molecule has 0 saturated carbocycles. The minimum Gasteiger partial charge on any atom is -0.780 e. The lowest BCUT2D eigenvalue weighted by Gasteiger charge is -2.29. The summed E-state index contributed by atoms with van der Waals surface area (Å²) in [4.78, 5) is 36.1. The Bertz CT molecular complexity index is 300. The highest BCUT2D eigenvalue weighted by molar-refractivity contribution is 8.06. The van der Waals surface area contributed by atoms with E-state index in [0.29, 0.717) is 0 Å². The summed E-state index contributed by atoms with van der Waals surface area (Å²) in [5.74, 6) is 0. The Morgan fingerprint density at radius 3 is 1.11 bits per heavy atom. The van der Waals surface area contributed by atoms with E-state index in [2.05, 4.69) is 32.7 Å². The van der Waals surface area contributed by atoms with E-state index in [4.69, 9.17) is 14.7 Å². The van der Waals surface area contributed by atoms with Gasteiger partial charge in [-0.3, -0.25) is 0 Å². The maximum Gasteiger partial charge on any atom is 0.322 e. The molecule has 0 aromatic heterocycles. The summed E-state index contributed by atoms with van der Waals surface area (Å²) in [6, 6.07) is 0. The van der Waals surface area contributed by atoms with E-state index in [1.54, 1.807) is 41.5 Å². The van der Waals surface area contributed by atoms with Crippen LogP contribution in [-0.4, -0.2) is 25.9 Å². The molecule has 0 aliphatic carbocycles. The quantitative estimate of drug-likeness (QED) is 0.649. The zero-order valence-electron chi connectivity index (χ0n) is 11.3. The average molecular weight is 339 g/mol. The average Bonchev–Trinajstić information content (AvgIpc) is 1.64. The van der Waals surface area contributed by atoms with Crippen LogP contribution < -0.4 is 4.89 Å². The Balaban J connectivity index is 0. The van der Waals surface area contributed by atoms with E-state index >= 15 is 0 Å². The predicted molar refractivity (Wildman–Crippen MR) is 76.9 cm³/mol. The molecule has 0 aliphatic heterocycles. The van der Waals surface area contributed by atoms with Crippen molar-refractivity contribution < 1.29 is 28.6 Å². The fourth-order valence-electron chi connectivity index (χ4n) is 0.703. The summed E-state index contributed by atoms with van der Waals surface area (Å²) in [6.07, 6.45) is 0. The van der Waals surface area contributed by atoms with Crippen molar-refractivity contribution in [1.82, 2.24) is 0 Å². The van der Waals surface area contributed by atoms with E-state index in [1.165, 1.54) is 0 Å². The molecule has 3 N–H and O–H groups in total. The molecular weight excluding hydrogens is 318 g/mol. The van der Waals surface area contributed by atoms with Gasteiger partial charge in [0.1, 0.15) is 6.72 Å². The van der Waals surface area contributed by atoms with Crippen LogP contribution in [0.4, 0.5) is 0 Å². The smallest absolute Gasteiger partial charge is 0.322 e. The van der Waals surface area contributed by atoms with E-state index in [-0.39, 0.29) is 0 Å². The van der Waals surface area contributed by atoms with Crippen molar-refractivity contribution in [2.75, 3.05) is 0 Å². The van der Waals surface area contributed by atoms with E-state index in [9.17, 15) is 4.89 Å². The van der Waals surface area contributed by atoms with Crippen molar-refractivity contribution in [3.8, 4) is 0 Å². The standard InChI is InChI=1S/2C4H11O3PS/c2*1-4(2,3)7-8(5,6)9/h2*1-3H3,(H2,5,6,9)/p-1. The largest absolute Gasteiger partial charge is 0.780 e. The zero-order chi connectivity index (χ0) is 15.4. The van der Waals surface area contributed by atoms with Gasteiger partial charge in [0, 0.05) is 0 Å². The molecule has 0 aromatic carbocycles. The van der Waals surface area contributed by atoms with Gasteiger partial charge in [0.25, 0.3) is 0 Å². The molecule has 18 heavy (non-hydrogen) atoms. The van der Waals surface area contributed by atoms with E-state index in [1.807, 2.05) is 0 Å². The molecule has 0 spiro atoms. The number of hydrogen-bond acceptors (Lipinski definition) is 5. The summed E-state index contributed by atoms with van der Waals surface area (Å²) >= 11 is 8.35. The van der Waals surface area contributed by atoms with Gasteiger partial charge < -0.3 is 28.6 Å². The summed E-state index contributed by atoms with van der Waals surface area (Å²) < 4.78 is 9.21. The lowest BCUT2D eigenvalue weighted by atomic mass is 10.2. The topological polar surface area (TPSA) is 102 Å². The van der Waals surface area contributed by atoms with Gasteiger partial charge >= 0.3 is 6.72 Å². The SMILES string of the molecule is CC(C)(C)OP(O)(O)=S.CC(C)(C)OP([O-])(O)=S. The van der Waals surface area contributed by atoms with E-state index < -0.39 is 24.6 Å². The third-order valence-corrected chi connectivity index (χ3v) is 2.79. The fraction of sp³-hybridized carbons (Fsp3) is 1.00. The van der Waals surface area contributed by atoms with Crippen molar-refractivity contribution in [2.45, 2.75) is 52.7 Å². The second-order valence-corrected chi connectivity index (χ2v) is 10.5. The molecule has 0 heterocycles. The van der Waals surface area contributed by atoms with Gasteiger partial charge in [-0.1, -0.05) is 11.8 Å². The highest BCUT2D eigenvalue weighted by Gasteiger charge is 2.19. The maximum absolute atomic E-state index is 10.4. The van der Waals surface area contributed by atoms with Crippen LogP contribution in [0.25, 0.3) is 0 Å². The summed E-state index contributed by atoms with van der Waals surface area (Å²) in [6.45, 7) is 2.98. The first-order valence-electron chi connectivity index (χ1n) is 4.92. The summed E-state index contributed by atoms with van der Waals surface area (Å²) in [5, 5.41) is 0. The Morgan fingerprint density at radius 2 is 1.11 bits per heavy atom. The van der Waals surface area contributed by atoms with Crippen molar-refractivity contribution in [1.29, 1.82) is 0 Å². The molecule has 0 saturated heterocycles. The van der Waals surface area contributed by atoms with Gasteiger partial charge in [0.05, 0.1) is 11.2 Å². The third kappa shape index (κ3) is 25.8. The molecule has 1 unspecified atom stereocenters. The van der Waals surface area contributed by atoms with Gasteiger partial charge in [-0.2, -0.15) is 0 Å². The predicted octanol–water partition coefficient (Wildman–Crippen LogP) is 1.39. The number of hydrogen-bond donors (Lipinski definition) is 3. The molecular formula is C8H21O6P2S2-. The normalized spacial score (nSPS) is 16.6. The van der Waals surface area contributed by atoms with Crippen LogP contribution in [0.15, 0.2) is 0 Å². The summed E-state index contributed by atoms with van der Waals surface area (Å²) in [7, 11) is 0. The van der Waals surface area contributed by atoms with Crippen LogP contribution in [0.5, 0.6) is 0 Å². The van der Waals surface area contributed by atoms with Crippen molar-refractivity contribution in [3.05, 3.63) is 0 Å². The first-order valence-corrected chi connectivity index (χ1v) is 10.1. The minimum atomic E-state index is -3.70. The summed E-state index contributed by atoms with van der Waals surface area (Å²) in [5.41, 5.74) is -1.20. The highest BCUT2D eigenvalue weighted by Crippen LogP contribution is 2.41. The minimum absolute atomic E-state index is 0.570. The lowest BCUT2D eigenvalue weighted by Crippen LogP contribution is -2.20. The molecule has 0 aromatic rings. The Hall–Kier alpha value is 1.06. The molecule has 0 rings (SSSR count). The first kappa shape index (κ1) is 21.4. The van der Waals surface area contributed by atoms with Gasteiger partial charge in [0.15, 0.2) is 0 Å². The van der Waals surface area contributed by atoms with Crippen LogP contribution in [0.3, 0.4) is 0 Å². The highest BCUT2D eigenvalue weighted by atomic mass is 32.5. The van der Waals surface area contributed by atoms with Crippen molar-refractivity contribution in [2.24, 2.45) is 0 Å². The Morgan fingerprint density at radius 1 is 0.833 bits per heavy atom.